The number of likely N-dealkylation sites (N-methyl/N-ethyl adjacent to an activating group) is 1. The molecule has 0 saturated carbocycles. The molecule has 2 bridgehead atoms. The number of fused-ring (bicyclic) bond motifs is 2. The molecule has 4 atom stereocenters. The fraction of sp³-hybridized carbons (Fsp3) is 0.929. The zero-order valence-corrected chi connectivity index (χ0v) is 11.7. The quantitative estimate of drug-likeness (QED) is 0.751. The summed E-state index contributed by atoms with van der Waals surface area (Å²) in [6, 6.07) is 1.01. The minimum atomic E-state index is 0.157. The van der Waals surface area contributed by atoms with Crippen molar-refractivity contribution in [1.29, 1.82) is 0 Å². The Labute approximate surface area is 115 Å². The number of rotatable bonds is 4. The van der Waals surface area contributed by atoms with Gasteiger partial charge in [-0.3, -0.25) is 9.69 Å². The van der Waals surface area contributed by atoms with Crippen LogP contribution >= 0.6 is 0 Å². The number of carbonyl (C=O) groups is 1. The zero-order chi connectivity index (χ0) is 13.2. The maximum atomic E-state index is 12.2. The maximum Gasteiger partial charge on any atom is 0.224 e. The minimum Gasteiger partial charge on any atom is -0.374 e. The Bertz CT molecular complexity index is 337. The molecular weight excluding hydrogens is 242 g/mol. The summed E-state index contributed by atoms with van der Waals surface area (Å²) in [4.78, 5) is 14.6. The van der Waals surface area contributed by atoms with Crippen LogP contribution in [0.5, 0.6) is 0 Å². The summed E-state index contributed by atoms with van der Waals surface area (Å²) >= 11 is 0. The predicted molar refractivity (Wildman–Crippen MR) is 72.9 cm³/mol. The molecule has 5 nitrogen and oxygen atoms in total. The van der Waals surface area contributed by atoms with Crippen LogP contribution in [0.2, 0.25) is 0 Å². The van der Waals surface area contributed by atoms with E-state index in [2.05, 4.69) is 22.5 Å². The van der Waals surface area contributed by atoms with Gasteiger partial charge >= 0.3 is 0 Å². The Balaban J connectivity index is 1.43. The first-order chi connectivity index (χ1) is 9.26. The second-order valence-corrected chi connectivity index (χ2v) is 6.02. The number of hydrogen-bond acceptors (Lipinski definition) is 4. The lowest BCUT2D eigenvalue weighted by atomic mass is 9.88. The van der Waals surface area contributed by atoms with E-state index < -0.39 is 0 Å². The highest BCUT2D eigenvalue weighted by molar-refractivity contribution is 5.80. The molecule has 3 aliphatic heterocycles. The van der Waals surface area contributed by atoms with Gasteiger partial charge in [-0.15, -0.1) is 0 Å². The van der Waals surface area contributed by atoms with Crippen LogP contribution in [0.25, 0.3) is 0 Å². The van der Waals surface area contributed by atoms with Crippen LogP contribution in [0.15, 0.2) is 0 Å². The molecule has 3 fully saturated rings. The highest BCUT2D eigenvalue weighted by Crippen LogP contribution is 2.33. The summed E-state index contributed by atoms with van der Waals surface area (Å²) in [5.41, 5.74) is 0. The third-order valence-electron chi connectivity index (χ3n) is 4.81. The molecule has 3 heterocycles. The van der Waals surface area contributed by atoms with Crippen LogP contribution in [0, 0.1) is 5.92 Å². The van der Waals surface area contributed by atoms with E-state index in [9.17, 15) is 4.79 Å². The smallest absolute Gasteiger partial charge is 0.224 e. The van der Waals surface area contributed by atoms with E-state index in [0.717, 1.165) is 39.1 Å². The Hall–Kier alpha value is -0.650. The lowest BCUT2D eigenvalue weighted by molar-refractivity contribution is -0.126. The lowest BCUT2D eigenvalue weighted by Gasteiger charge is -2.32. The number of nitrogens with one attached hydrogen (secondary N) is 2. The van der Waals surface area contributed by atoms with Crippen LogP contribution in [-0.4, -0.2) is 61.8 Å². The van der Waals surface area contributed by atoms with Gasteiger partial charge in [0.1, 0.15) is 0 Å². The number of nitrogens with zero attached hydrogens (tertiary/aromatic N) is 1. The number of carbonyl (C=O) groups excluding carboxylic acids is 1. The first kappa shape index (κ1) is 13.3. The molecule has 3 rings (SSSR count). The summed E-state index contributed by atoms with van der Waals surface area (Å²) in [6.07, 6.45) is 3.57. The maximum absolute atomic E-state index is 12.2. The van der Waals surface area contributed by atoms with E-state index in [1.807, 2.05) is 0 Å². The first-order valence-corrected chi connectivity index (χ1v) is 7.64. The van der Waals surface area contributed by atoms with Crippen molar-refractivity contribution >= 4 is 5.91 Å². The zero-order valence-electron chi connectivity index (χ0n) is 11.7. The lowest BCUT2D eigenvalue weighted by Crippen LogP contribution is -2.48. The van der Waals surface area contributed by atoms with Gasteiger partial charge in [-0.25, -0.2) is 0 Å². The van der Waals surface area contributed by atoms with Gasteiger partial charge in [-0.05, 0) is 25.8 Å². The third-order valence-corrected chi connectivity index (χ3v) is 4.81. The Morgan fingerprint density at radius 3 is 3.05 bits per heavy atom. The average molecular weight is 267 g/mol. The fourth-order valence-corrected chi connectivity index (χ4v) is 3.65. The molecule has 3 saturated heterocycles. The Kier molecular flexibility index (Phi) is 4.05. The Morgan fingerprint density at radius 2 is 2.37 bits per heavy atom. The van der Waals surface area contributed by atoms with Crippen LogP contribution < -0.4 is 10.6 Å². The van der Waals surface area contributed by atoms with Gasteiger partial charge in [0.05, 0.1) is 18.6 Å². The van der Waals surface area contributed by atoms with Crippen molar-refractivity contribution in [2.75, 3.05) is 32.8 Å². The molecule has 0 spiro atoms. The highest BCUT2D eigenvalue weighted by Gasteiger charge is 2.42. The number of ether oxygens (including phenoxy) is 1. The molecule has 5 heteroatoms. The van der Waals surface area contributed by atoms with E-state index in [0.29, 0.717) is 18.6 Å². The predicted octanol–water partition coefficient (Wildman–Crippen LogP) is -0.0362. The molecule has 0 radical (unpaired) electrons. The molecule has 4 unspecified atom stereocenters. The van der Waals surface area contributed by atoms with Crippen LogP contribution in [0.3, 0.4) is 0 Å². The highest BCUT2D eigenvalue weighted by atomic mass is 16.5. The van der Waals surface area contributed by atoms with Crippen molar-refractivity contribution < 1.29 is 9.53 Å². The van der Waals surface area contributed by atoms with E-state index in [1.165, 1.54) is 6.42 Å². The van der Waals surface area contributed by atoms with Crippen molar-refractivity contribution in [2.45, 2.75) is 44.4 Å². The van der Waals surface area contributed by atoms with Crippen molar-refractivity contribution in [2.24, 2.45) is 5.92 Å². The van der Waals surface area contributed by atoms with Crippen LogP contribution in [-0.2, 0) is 9.53 Å². The molecule has 0 aromatic rings. The monoisotopic (exact) mass is 267 g/mol. The molecule has 0 aromatic heterocycles. The van der Waals surface area contributed by atoms with E-state index >= 15 is 0 Å². The molecule has 108 valence electrons. The van der Waals surface area contributed by atoms with Gasteiger partial charge in [0.25, 0.3) is 0 Å². The van der Waals surface area contributed by atoms with Gasteiger partial charge in [0.15, 0.2) is 0 Å². The molecule has 3 aliphatic rings. The SMILES string of the molecule is CCN1CCOC(CNC(=O)C2CC3CCC2N3)C1. The minimum absolute atomic E-state index is 0.157. The molecule has 0 aliphatic carbocycles. The van der Waals surface area contributed by atoms with Crippen LogP contribution in [0.4, 0.5) is 0 Å². The van der Waals surface area contributed by atoms with Crippen molar-refractivity contribution in [3.05, 3.63) is 0 Å². The second-order valence-electron chi connectivity index (χ2n) is 6.02. The average Bonchev–Trinajstić information content (AvgIpc) is 3.07. The summed E-state index contributed by atoms with van der Waals surface area (Å²) in [6.45, 7) is 6.61. The molecule has 1 amide bonds. The van der Waals surface area contributed by atoms with Gasteiger partial charge in [-0.2, -0.15) is 0 Å². The van der Waals surface area contributed by atoms with E-state index in [-0.39, 0.29) is 17.9 Å². The summed E-state index contributed by atoms with van der Waals surface area (Å²) in [5.74, 6) is 0.404. The van der Waals surface area contributed by atoms with Crippen molar-refractivity contribution in [3.63, 3.8) is 0 Å². The van der Waals surface area contributed by atoms with Gasteiger partial charge < -0.3 is 15.4 Å². The first-order valence-electron chi connectivity index (χ1n) is 7.64. The fourth-order valence-electron chi connectivity index (χ4n) is 3.65. The summed E-state index contributed by atoms with van der Waals surface area (Å²) < 4.78 is 5.71. The third kappa shape index (κ3) is 2.93. The second kappa shape index (κ2) is 5.77. The number of amides is 1. The van der Waals surface area contributed by atoms with Crippen LogP contribution in [0.1, 0.15) is 26.2 Å². The molecule has 0 aromatic carbocycles. The van der Waals surface area contributed by atoms with Gasteiger partial charge in [-0.1, -0.05) is 6.92 Å². The largest absolute Gasteiger partial charge is 0.374 e. The topological polar surface area (TPSA) is 53.6 Å². The normalized spacial score (nSPS) is 38.6. The van der Waals surface area contributed by atoms with Gasteiger partial charge in [0.2, 0.25) is 5.91 Å². The van der Waals surface area contributed by atoms with Crippen molar-refractivity contribution in [3.8, 4) is 0 Å². The van der Waals surface area contributed by atoms with E-state index in [4.69, 9.17) is 4.74 Å². The number of morpholine rings is 1. The number of hydrogen-bond donors (Lipinski definition) is 2. The standard InChI is InChI=1S/C14H25N3O2/c1-2-17-5-6-19-11(9-17)8-15-14(18)12-7-10-3-4-13(12)16-10/h10-13,16H,2-9H2,1H3,(H,15,18). The van der Waals surface area contributed by atoms with Gasteiger partial charge in [0, 0.05) is 31.7 Å². The summed E-state index contributed by atoms with van der Waals surface area (Å²) in [5, 5.41) is 6.61. The molecule has 19 heavy (non-hydrogen) atoms. The van der Waals surface area contributed by atoms with Crippen molar-refractivity contribution in [1.82, 2.24) is 15.5 Å². The molecule has 2 N–H and O–H groups in total. The molecular formula is C14H25N3O2. The van der Waals surface area contributed by atoms with E-state index in [1.54, 1.807) is 0 Å². The Morgan fingerprint density at radius 1 is 1.47 bits per heavy atom. The summed E-state index contributed by atoms with van der Waals surface area (Å²) in [7, 11) is 0.